The molecule has 1 N–H and O–H groups in total. The van der Waals surface area contributed by atoms with Crippen LogP contribution in [0.15, 0.2) is 0 Å². The summed E-state index contributed by atoms with van der Waals surface area (Å²) in [4.78, 5) is 0. The smallest absolute Gasteiger partial charge is 0.00670 e. The molecule has 0 aromatic heterocycles. The minimum atomic E-state index is 0.872. The van der Waals surface area contributed by atoms with Gasteiger partial charge in [0.2, 0.25) is 0 Å². The lowest BCUT2D eigenvalue weighted by Gasteiger charge is -2.29. The van der Waals surface area contributed by atoms with E-state index in [1.54, 1.807) is 0 Å². The van der Waals surface area contributed by atoms with Crippen molar-refractivity contribution in [3.8, 4) is 0 Å². The normalized spacial score (nSPS) is 39.3. The fourth-order valence-corrected chi connectivity index (χ4v) is 2.58. The maximum atomic E-state index is 3.65. The molecule has 0 atom stereocenters. The molecule has 1 nitrogen and oxygen atoms in total. The van der Waals surface area contributed by atoms with Crippen LogP contribution < -0.4 is 5.32 Å². The Morgan fingerprint density at radius 2 is 1.55 bits per heavy atom. The first-order chi connectivity index (χ1) is 5.45. The van der Waals surface area contributed by atoms with E-state index in [4.69, 9.17) is 0 Å². The Labute approximate surface area is 69.6 Å². The molecule has 2 aliphatic heterocycles. The Bertz CT molecular complexity index is 86.3. The molecule has 1 aliphatic carbocycles. The second kappa shape index (κ2) is 3.57. The number of hydrogen-bond donors (Lipinski definition) is 1. The molecule has 3 aliphatic rings. The second-order valence-corrected chi connectivity index (χ2v) is 4.17. The van der Waals surface area contributed by atoms with Crippen molar-refractivity contribution in [1.29, 1.82) is 0 Å². The molecule has 3 fully saturated rings. The zero-order valence-corrected chi connectivity index (χ0v) is 7.31. The Kier molecular flexibility index (Phi) is 2.47. The van der Waals surface area contributed by atoms with E-state index in [9.17, 15) is 0 Å². The van der Waals surface area contributed by atoms with E-state index in [0.29, 0.717) is 0 Å². The van der Waals surface area contributed by atoms with Crippen LogP contribution in [0.3, 0.4) is 0 Å². The summed E-state index contributed by atoms with van der Waals surface area (Å²) in [5.74, 6) is 1.06. The minimum Gasteiger partial charge on any atom is -0.314 e. The van der Waals surface area contributed by atoms with Crippen LogP contribution in [0.1, 0.15) is 44.9 Å². The van der Waals surface area contributed by atoms with E-state index in [2.05, 4.69) is 5.32 Å². The van der Waals surface area contributed by atoms with Crippen molar-refractivity contribution in [3.63, 3.8) is 0 Å². The fourth-order valence-electron chi connectivity index (χ4n) is 2.58. The standard InChI is InChI=1S/C10H19N/c1-3-9-4-2-6-10(5-1)11-8-7-9/h9-11H,1-8H2. The van der Waals surface area contributed by atoms with Gasteiger partial charge in [-0.1, -0.05) is 25.7 Å². The summed E-state index contributed by atoms with van der Waals surface area (Å²) < 4.78 is 0. The minimum absolute atomic E-state index is 0.872. The molecular weight excluding hydrogens is 134 g/mol. The molecule has 2 heterocycles. The van der Waals surface area contributed by atoms with Crippen molar-refractivity contribution in [3.05, 3.63) is 0 Å². The molecule has 0 amide bonds. The Hall–Kier alpha value is -0.0400. The summed E-state index contributed by atoms with van der Waals surface area (Å²) in [5, 5.41) is 3.65. The molecule has 0 spiro atoms. The van der Waals surface area contributed by atoms with Crippen LogP contribution in [0.5, 0.6) is 0 Å². The Balaban J connectivity index is 1.96. The van der Waals surface area contributed by atoms with Gasteiger partial charge in [-0.3, -0.25) is 0 Å². The van der Waals surface area contributed by atoms with Crippen LogP contribution in [0.2, 0.25) is 0 Å². The summed E-state index contributed by atoms with van der Waals surface area (Å²) in [6.07, 6.45) is 10.3. The van der Waals surface area contributed by atoms with E-state index in [1.165, 1.54) is 51.5 Å². The lowest BCUT2D eigenvalue weighted by Crippen LogP contribution is -2.35. The first-order valence-corrected chi connectivity index (χ1v) is 5.18. The molecular formula is C10H19N. The molecule has 1 heteroatoms. The molecule has 11 heavy (non-hydrogen) atoms. The summed E-state index contributed by atoms with van der Waals surface area (Å²) in [7, 11) is 0. The van der Waals surface area contributed by atoms with Crippen LogP contribution in [0.25, 0.3) is 0 Å². The number of rotatable bonds is 0. The number of fused-ring (bicyclic) bond motifs is 6. The van der Waals surface area contributed by atoms with E-state index in [0.717, 1.165) is 12.0 Å². The zero-order chi connectivity index (χ0) is 7.52. The van der Waals surface area contributed by atoms with E-state index in [1.807, 2.05) is 0 Å². The molecule has 0 unspecified atom stereocenters. The summed E-state index contributed by atoms with van der Waals surface area (Å²) in [6.45, 7) is 1.29. The second-order valence-electron chi connectivity index (χ2n) is 4.17. The van der Waals surface area contributed by atoms with Gasteiger partial charge >= 0.3 is 0 Å². The molecule has 0 radical (unpaired) electrons. The first-order valence-electron chi connectivity index (χ1n) is 5.18. The van der Waals surface area contributed by atoms with E-state index >= 15 is 0 Å². The van der Waals surface area contributed by atoms with Crippen molar-refractivity contribution >= 4 is 0 Å². The topological polar surface area (TPSA) is 12.0 Å². The first kappa shape index (κ1) is 7.60. The van der Waals surface area contributed by atoms with Gasteiger partial charge in [-0.05, 0) is 31.7 Å². The molecule has 0 aromatic rings. The summed E-state index contributed by atoms with van der Waals surface area (Å²) in [6, 6.07) is 0.872. The third kappa shape index (κ3) is 1.96. The van der Waals surface area contributed by atoms with Gasteiger partial charge in [-0.2, -0.15) is 0 Å². The highest BCUT2D eigenvalue weighted by Crippen LogP contribution is 2.26. The largest absolute Gasteiger partial charge is 0.314 e. The highest BCUT2D eigenvalue weighted by molar-refractivity contribution is 4.77. The van der Waals surface area contributed by atoms with Crippen LogP contribution in [-0.2, 0) is 0 Å². The summed E-state index contributed by atoms with van der Waals surface area (Å²) in [5.41, 5.74) is 0. The van der Waals surface area contributed by atoms with Crippen molar-refractivity contribution in [2.45, 2.75) is 51.0 Å². The average Bonchev–Trinajstić information content (AvgIpc) is 1.80. The van der Waals surface area contributed by atoms with Crippen LogP contribution >= 0.6 is 0 Å². The van der Waals surface area contributed by atoms with Crippen molar-refractivity contribution < 1.29 is 0 Å². The van der Waals surface area contributed by atoms with Crippen LogP contribution in [0.4, 0.5) is 0 Å². The van der Waals surface area contributed by atoms with Crippen molar-refractivity contribution in [1.82, 2.24) is 5.32 Å². The van der Waals surface area contributed by atoms with Crippen LogP contribution in [-0.4, -0.2) is 12.6 Å². The van der Waals surface area contributed by atoms with Gasteiger partial charge in [-0.25, -0.2) is 0 Å². The summed E-state index contributed by atoms with van der Waals surface area (Å²) >= 11 is 0. The van der Waals surface area contributed by atoms with Gasteiger partial charge in [-0.15, -0.1) is 0 Å². The highest BCUT2D eigenvalue weighted by Gasteiger charge is 2.19. The maximum absolute atomic E-state index is 3.65. The van der Waals surface area contributed by atoms with Crippen molar-refractivity contribution in [2.24, 2.45) is 5.92 Å². The SMILES string of the molecule is C1CC2CCCC(C1)NCC2. The van der Waals surface area contributed by atoms with Gasteiger partial charge in [0, 0.05) is 6.04 Å². The van der Waals surface area contributed by atoms with E-state index in [-0.39, 0.29) is 0 Å². The quantitative estimate of drug-likeness (QED) is 0.563. The van der Waals surface area contributed by atoms with Gasteiger partial charge in [0.05, 0.1) is 0 Å². The Morgan fingerprint density at radius 1 is 0.818 bits per heavy atom. The third-order valence-electron chi connectivity index (χ3n) is 3.32. The van der Waals surface area contributed by atoms with Crippen LogP contribution in [0, 0.1) is 5.92 Å². The average molecular weight is 153 g/mol. The molecule has 0 aromatic carbocycles. The van der Waals surface area contributed by atoms with Gasteiger partial charge in [0.15, 0.2) is 0 Å². The number of hydrogen-bond acceptors (Lipinski definition) is 1. The monoisotopic (exact) mass is 153 g/mol. The molecule has 64 valence electrons. The Morgan fingerprint density at radius 3 is 2.27 bits per heavy atom. The lowest BCUT2D eigenvalue weighted by atomic mass is 9.85. The van der Waals surface area contributed by atoms with Gasteiger partial charge in [0.25, 0.3) is 0 Å². The predicted molar refractivity (Wildman–Crippen MR) is 47.6 cm³/mol. The molecule has 3 rings (SSSR count). The molecule has 2 saturated heterocycles. The van der Waals surface area contributed by atoms with Gasteiger partial charge < -0.3 is 5.32 Å². The lowest BCUT2D eigenvalue weighted by molar-refractivity contribution is 0.274. The highest BCUT2D eigenvalue weighted by atomic mass is 14.9. The van der Waals surface area contributed by atoms with E-state index < -0.39 is 0 Å². The third-order valence-corrected chi connectivity index (χ3v) is 3.32. The van der Waals surface area contributed by atoms with Gasteiger partial charge in [0.1, 0.15) is 0 Å². The maximum Gasteiger partial charge on any atom is 0.00670 e. The molecule has 2 bridgehead atoms. The predicted octanol–water partition coefficient (Wildman–Crippen LogP) is 2.32. The number of nitrogens with one attached hydrogen (secondary N) is 1. The zero-order valence-electron chi connectivity index (χ0n) is 7.31. The fraction of sp³-hybridized carbons (Fsp3) is 1.00. The molecule has 1 saturated carbocycles. The van der Waals surface area contributed by atoms with Crippen molar-refractivity contribution in [2.75, 3.05) is 6.54 Å².